The van der Waals surface area contributed by atoms with Crippen molar-refractivity contribution in [2.75, 3.05) is 31.2 Å². The first kappa shape index (κ1) is 24.4. The molecule has 1 heterocycles. The van der Waals surface area contributed by atoms with Gasteiger partial charge in [-0.1, -0.05) is 41.9 Å². The number of benzene rings is 2. The van der Waals surface area contributed by atoms with Crippen LogP contribution < -0.4 is 15.8 Å². The van der Waals surface area contributed by atoms with Crippen molar-refractivity contribution in [3.05, 3.63) is 53.1 Å². The van der Waals surface area contributed by atoms with Crippen LogP contribution in [0, 0.1) is 5.92 Å². The van der Waals surface area contributed by atoms with E-state index in [0.717, 1.165) is 32.5 Å². The maximum Gasteiger partial charge on any atom is 0.227 e. The van der Waals surface area contributed by atoms with Crippen LogP contribution in [-0.4, -0.2) is 31.0 Å². The van der Waals surface area contributed by atoms with Crippen molar-refractivity contribution < 1.29 is 9.53 Å². The maximum atomic E-state index is 12.6. The first-order chi connectivity index (χ1) is 12.6. The summed E-state index contributed by atoms with van der Waals surface area (Å²) in [6, 6.07) is 13.7. The molecule has 0 atom stereocenters. The molecule has 0 aliphatic carbocycles. The Labute approximate surface area is 183 Å². The second kappa shape index (κ2) is 11.4. The van der Waals surface area contributed by atoms with Gasteiger partial charge in [0, 0.05) is 18.5 Å². The Morgan fingerprint density at radius 3 is 2.46 bits per heavy atom. The van der Waals surface area contributed by atoms with Gasteiger partial charge in [-0.15, -0.1) is 24.8 Å². The molecule has 1 fully saturated rings. The largest absolute Gasteiger partial charge is 0.494 e. The number of hydrogen-bond donors (Lipinski definition) is 2. The number of likely N-dealkylation sites (tertiary alicyclic amines) is 1. The summed E-state index contributed by atoms with van der Waals surface area (Å²) < 4.78 is 5.29. The molecular weight excluding hydrogens is 421 g/mol. The molecule has 2 aromatic carbocycles. The number of carbonyl (C=O) groups excluding carboxylic acids is 1. The average Bonchev–Trinajstić information content (AvgIpc) is 2.66. The molecule has 1 aliphatic rings. The summed E-state index contributed by atoms with van der Waals surface area (Å²) in [5, 5.41) is 3.34. The van der Waals surface area contributed by atoms with Crippen molar-refractivity contribution in [1.29, 1.82) is 0 Å². The number of rotatable bonds is 5. The summed E-state index contributed by atoms with van der Waals surface area (Å²) in [6.45, 7) is 2.75. The molecule has 0 unspecified atom stereocenters. The third-order valence-electron chi connectivity index (χ3n) is 4.78. The fourth-order valence-electron chi connectivity index (χ4n) is 3.27. The number of anilines is 2. The molecule has 0 spiro atoms. The molecule has 0 radical (unpaired) electrons. The third kappa shape index (κ3) is 6.17. The third-order valence-corrected chi connectivity index (χ3v) is 5.11. The second-order valence-electron chi connectivity index (χ2n) is 6.60. The lowest BCUT2D eigenvalue weighted by Gasteiger charge is -2.31. The number of carbonyl (C=O) groups is 1. The highest BCUT2D eigenvalue weighted by molar-refractivity contribution is 6.33. The predicted octanol–water partition coefficient (Wildman–Crippen LogP) is 4.63. The molecule has 8 heteroatoms. The van der Waals surface area contributed by atoms with E-state index >= 15 is 0 Å². The van der Waals surface area contributed by atoms with Crippen LogP contribution in [0.15, 0.2) is 42.5 Å². The lowest BCUT2D eigenvalue weighted by atomic mass is 9.95. The lowest BCUT2D eigenvalue weighted by molar-refractivity contribution is -0.121. The van der Waals surface area contributed by atoms with E-state index in [1.807, 2.05) is 6.07 Å². The van der Waals surface area contributed by atoms with Crippen LogP contribution >= 0.6 is 36.4 Å². The number of nitrogens with zero attached hydrogens (tertiary/aromatic N) is 1. The fourth-order valence-corrected chi connectivity index (χ4v) is 3.43. The van der Waals surface area contributed by atoms with Crippen LogP contribution in [0.2, 0.25) is 5.02 Å². The van der Waals surface area contributed by atoms with Gasteiger partial charge in [0.25, 0.3) is 0 Å². The number of hydrogen-bond acceptors (Lipinski definition) is 4. The van der Waals surface area contributed by atoms with Gasteiger partial charge in [0.15, 0.2) is 0 Å². The van der Waals surface area contributed by atoms with Crippen LogP contribution in [0.5, 0.6) is 5.75 Å². The van der Waals surface area contributed by atoms with Gasteiger partial charge in [0.2, 0.25) is 5.91 Å². The Hall–Kier alpha value is -1.66. The number of halogens is 3. The normalized spacial score (nSPS) is 14.5. The highest BCUT2D eigenvalue weighted by Crippen LogP contribution is 2.33. The van der Waals surface area contributed by atoms with E-state index in [1.54, 1.807) is 19.2 Å². The summed E-state index contributed by atoms with van der Waals surface area (Å²) in [7, 11) is 1.54. The molecule has 0 bridgehead atoms. The van der Waals surface area contributed by atoms with Gasteiger partial charge in [0.1, 0.15) is 5.75 Å². The standard InChI is InChI=1S/C20H24ClN3O2.2ClH/c1-26-19-12-17(22)16(21)11-18(19)23-20(25)15-7-9-24(10-8-15)13-14-5-3-2-4-6-14;;/h2-6,11-12,15H,7-10,13,22H2,1H3,(H,23,25);2*1H. The minimum absolute atomic E-state index is 0. The zero-order valence-corrected chi connectivity index (χ0v) is 18.1. The van der Waals surface area contributed by atoms with Gasteiger partial charge in [-0.25, -0.2) is 0 Å². The number of ether oxygens (including phenoxy) is 1. The van der Waals surface area contributed by atoms with Crippen LogP contribution in [0.4, 0.5) is 11.4 Å². The van der Waals surface area contributed by atoms with Crippen molar-refractivity contribution in [1.82, 2.24) is 4.90 Å². The van der Waals surface area contributed by atoms with E-state index in [-0.39, 0.29) is 36.6 Å². The Kier molecular flexibility index (Phi) is 9.90. The highest BCUT2D eigenvalue weighted by atomic mass is 35.5. The monoisotopic (exact) mass is 445 g/mol. The van der Waals surface area contributed by atoms with Crippen molar-refractivity contribution >= 4 is 53.7 Å². The first-order valence-electron chi connectivity index (χ1n) is 8.77. The van der Waals surface area contributed by atoms with Crippen molar-refractivity contribution in [3.8, 4) is 5.75 Å². The van der Waals surface area contributed by atoms with E-state index < -0.39 is 0 Å². The highest BCUT2D eigenvalue weighted by Gasteiger charge is 2.25. The molecule has 0 aromatic heterocycles. The summed E-state index contributed by atoms with van der Waals surface area (Å²) in [5.41, 5.74) is 8.07. The minimum atomic E-state index is -0.0111. The number of amides is 1. The zero-order valence-electron chi connectivity index (χ0n) is 15.7. The van der Waals surface area contributed by atoms with Gasteiger partial charge in [-0.2, -0.15) is 0 Å². The molecule has 28 heavy (non-hydrogen) atoms. The van der Waals surface area contributed by atoms with Crippen molar-refractivity contribution in [2.24, 2.45) is 5.92 Å². The number of piperidine rings is 1. The van der Waals surface area contributed by atoms with Crippen LogP contribution in [0.1, 0.15) is 18.4 Å². The van der Waals surface area contributed by atoms with Gasteiger partial charge in [-0.3, -0.25) is 9.69 Å². The van der Waals surface area contributed by atoms with E-state index in [4.69, 9.17) is 22.1 Å². The Morgan fingerprint density at radius 1 is 1.21 bits per heavy atom. The Bertz CT molecular complexity index is 767. The first-order valence-corrected chi connectivity index (χ1v) is 9.14. The number of nitrogen functional groups attached to an aromatic ring is 1. The molecule has 1 saturated heterocycles. The molecule has 1 amide bonds. The van der Waals surface area contributed by atoms with Crippen LogP contribution in [-0.2, 0) is 11.3 Å². The predicted molar refractivity (Wildman–Crippen MR) is 120 cm³/mol. The molecule has 1 aliphatic heterocycles. The molecule has 0 saturated carbocycles. The zero-order chi connectivity index (χ0) is 18.5. The minimum Gasteiger partial charge on any atom is -0.494 e. The SMILES string of the molecule is COc1cc(N)c(Cl)cc1NC(=O)C1CCN(Cc2ccccc2)CC1.Cl.Cl. The number of methoxy groups -OCH3 is 1. The van der Waals surface area contributed by atoms with Gasteiger partial charge in [0.05, 0.1) is 23.5 Å². The van der Waals surface area contributed by atoms with E-state index in [0.29, 0.717) is 22.1 Å². The van der Waals surface area contributed by atoms with Crippen molar-refractivity contribution in [2.45, 2.75) is 19.4 Å². The molecule has 154 valence electrons. The summed E-state index contributed by atoms with van der Waals surface area (Å²) in [5.74, 6) is 0.508. The Balaban J connectivity index is 0.00000196. The molecule has 2 aromatic rings. The second-order valence-corrected chi connectivity index (χ2v) is 7.01. The molecule has 5 nitrogen and oxygen atoms in total. The fraction of sp³-hybridized carbons (Fsp3) is 0.350. The maximum absolute atomic E-state index is 12.6. The smallest absolute Gasteiger partial charge is 0.227 e. The van der Waals surface area contributed by atoms with Gasteiger partial charge < -0.3 is 15.8 Å². The van der Waals surface area contributed by atoms with E-state index in [1.165, 1.54) is 5.56 Å². The summed E-state index contributed by atoms with van der Waals surface area (Å²) in [6.07, 6.45) is 1.67. The Morgan fingerprint density at radius 2 is 1.86 bits per heavy atom. The molecule has 3 N–H and O–H groups in total. The van der Waals surface area contributed by atoms with E-state index in [9.17, 15) is 4.79 Å². The lowest BCUT2D eigenvalue weighted by Crippen LogP contribution is -2.37. The van der Waals surface area contributed by atoms with Crippen LogP contribution in [0.3, 0.4) is 0 Å². The topological polar surface area (TPSA) is 67.6 Å². The van der Waals surface area contributed by atoms with Crippen LogP contribution in [0.25, 0.3) is 0 Å². The summed E-state index contributed by atoms with van der Waals surface area (Å²) >= 11 is 6.07. The van der Waals surface area contributed by atoms with Crippen molar-refractivity contribution in [3.63, 3.8) is 0 Å². The number of nitrogens with one attached hydrogen (secondary N) is 1. The van der Waals surface area contributed by atoms with Gasteiger partial charge in [-0.05, 0) is 37.6 Å². The van der Waals surface area contributed by atoms with E-state index in [2.05, 4.69) is 34.5 Å². The quantitative estimate of drug-likeness (QED) is 0.657. The van der Waals surface area contributed by atoms with Gasteiger partial charge >= 0.3 is 0 Å². The number of nitrogens with two attached hydrogens (primary N) is 1. The molecule has 3 rings (SSSR count). The summed E-state index contributed by atoms with van der Waals surface area (Å²) in [4.78, 5) is 15.0. The average molecular weight is 447 g/mol. The molecular formula is C20H26Cl3N3O2.